The first kappa shape index (κ1) is 14.6. The maximum absolute atomic E-state index is 9.35. The molecule has 0 bridgehead atoms. The van der Waals surface area contributed by atoms with Crippen molar-refractivity contribution in [1.29, 1.82) is 0 Å². The lowest BCUT2D eigenvalue weighted by Gasteiger charge is -2.27. The molecule has 2 aliphatic heterocycles. The van der Waals surface area contributed by atoms with Crippen molar-refractivity contribution in [2.24, 2.45) is 0 Å². The highest BCUT2D eigenvalue weighted by Crippen LogP contribution is 2.24. The number of rotatable bonds is 5. The van der Waals surface area contributed by atoms with Crippen molar-refractivity contribution in [1.82, 2.24) is 9.80 Å². The molecular weight excluding hydrogens is 260 g/mol. The minimum Gasteiger partial charge on any atom is -0.508 e. The Kier molecular flexibility index (Phi) is 4.94. The van der Waals surface area contributed by atoms with Gasteiger partial charge in [0, 0.05) is 13.1 Å². The van der Waals surface area contributed by atoms with E-state index in [1.165, 1.54) is 56.6 Å². The molecule has 1 N–H and O–H groups in total. The average molecular weight is 286 g/mol. The molecule has 3 heteroatoms. The van der Waals surface area contributed by atoms with E-state index in [-0.39, 0.29) is 0 Å². The Labute approximate surface area is 127 Å². The number of phenolic OH excluding ortho intramolecular Hbond substituents is 1. The second-order valence-electron chi connectivity index (χ2n) is 6.23. The predicted octanol–water partition coefficient (Wildman–Crippen LogP) is 2.97. The number of phenols is 1. The molecule has 3 rings (SSSR count). The van der Waals surface area contributed by atoms with Gasteiger partial charge in [-0.3, -0.25) is 4.90 Å². The van der Waals surface area contributed by atoms with Gasteiger partial charge in [0.15, 0.2) is 0 Å². The fourth-order valence-corrected chi connectivity index (χ4v) is 3.38. The van der Waals surface area contributed by atoms with E-state index in [0.717, 1.165) is 19.5 Å². The summed E-state index contributed by atoms with van der Waals surface area (Å²) in [6.45, 7) is 7.33. The summed E-state index contributed by atoms with van der Waals surface area (Å²) in [6.07, 6.45) is 7.55. The summed E-state index contributed by atoms with van der Waals surface area (Å²) >= 11 is 0. The molecule has 114 valence electrons. The third-order valence-electron chi connectivity index (χ3n) is 4.68. The molecule has 1 aromatic carbocycles. The van der Waals surface area contributed by atoms with Crippen LogP contribution in [-0.4, -0.2) is 54.2 Å². The van der Waals surface area contributed by atoms with Gasteiger partial charge in [0.25, 0.3) is 0 Å². The molecule has 0 aliphatic carbocycles. The zero-order valence-electron chi connectivity index (χ0n) is 12.8. The number of hydrogen-bond donors (Lipinski definition) is 1. The number of likely N-dealkylation sites (tertiary alicyclic amines) is 1. The van der Waals surface area contributed by atoms with Gasteiger partial charge in [0.05, 0.1) is 0 Å². The molecule has 0 saturated carbocycles. The zero-order valence-corrected chi connectivity index (χ0v) is 12.8. The summed E-state index contributed by atoms with van der Waals surface area (Å²) in [5.41, 5.74) is 2.68. The third kappa shape index (κ3) is 4.08. The fourth-order valence-electron chi connectivity index (χ4n) is 3.38. The van der Waals surface area contributed by atoms with E-state index in [1.54, 1.807) is 12.1 Å². The number of benzene rings is 1. The van der Waals surface area contributed by atoms with E-state index >= 15 is 0 Å². The molecule has 1 fully saturated rings. The summed E-state index contributed by atoms with van der Waals surface area (Å²) < 4.78 is 0. The van der Waals surface area contributed by atoms with E-state index in [1.807, 2.05) is 12.1 Å². The lowest BCUT2D eigenvalue weighted by molar-refractivity contribution is 0.262. The fraction of sp³-hybridized carbons (Fsp3) is 0.556. The van der Waals surface area contributed by atoms with Gasteiger partial charge in [0.2, 0.25) is 0 Å². The number of hydrogen-bond acceptors (Lipinski definition) is 3. The normalized spacial score (nSPS) is 20.7. The standard InChI is InChI=1S/C18H26N2O/c21-18-6-4-16(5-7-18)17-8-14-20(15-9-17)13-3-12-19-10-1-2-11-19/h4-8,21H,1-3,9-15H2. The van der Waals surface area contributed by atoms with Crippen LogP contribution in [-0.2, 0) is 0 Å². The van der Waals surface area contributed by atoms with Crippen LogP contribution in [0, 0.1) is 0 Å². The van der Waals surface area contributed by atoms with Gasteiger partial charge in [-0.05, 0) is 75.1 Å². The molecule has 0 atom stereocenters. The molecule has 21 heavy (non-hydrogen) atoms. The summed E-state index contributed by atoms with van der Waals surface area (Å²) in [5, 5.41) is 9.35. The van der Waals surface area contributed by atoms with Crippen LogP contribution in [0.2, 0.25) is 0 Å². The van der Waals surface area contributed by atoms with Crippen LogP contribution >= 0.6 is 0 Å². The van der Waals surface area contributed by atoms with E-state index in [2.05, 4.69) is 15.9 Å². The molecule has 0 radical (unpaired) electrons. The highest BCUT2D eigenvalue weighted by Gasteiger charge is 2.14. The van der Waals surface area contributed by atoms with Crippen LogP contribution in [0.1, 0.15) is 31.2 Å². The van der Waals surface area contributed by atoms with E-state index in [0.29, 0.717) is 5.75 Å². The first-order chi connectivity index (χ1) is 10.3. The van der Waals surface area contributed by atoms with Crippen molar-refractivity contribution in [3.05, 3.63) is 35.9 Å². The van der Waals surface area contributed by atoms with Gasteiger partial charge in [-0.25, -0.2) is 0 Å². The number of nitrogens with zero attached hydrogens (tertiary/aromatic N) is 2. The molecule has 0 spiro atoms. The van der Waals surface area contributed by atoms with E-state index in [9.17, 15) is 5.11 Å². The van der Waals surface area contributed by atoms with Crippen molar-refractivity contribution in [2.75, 3.05) is 39.3 Å². The summed E-state index contributed by atoms with van der Waals surface area (Å²) in [7, 11) is 0. The zero-order chi connectivity index (χ0) is 14.5. The molecule has 1 aromatic rings. The lowest BCUT2D eigenvalue weighted by atomic mass is 9.99. The van der Waals surface area contributed by atoms with Gasteiger partial charge in [-0.15, -0.1) is 0 Å². The second kappa shape index (κ2) is 7.10. The predicted molar refractivity (Wildman–Crippen MR) is 87.4 cm³/mol. The molecule has 2 aliphatic rings. The monoisotopic (exact) mass is 286 g/mol. The summed E-state index contributed by atoms with van der Waals surface area (Å²) in [5.74, 6) is 0.346. The molecule has 3 nitrogen and oxygen atoms in total. The van der Waals surface area contributed by atoms with Crippen molar-refractivity contribution < 1.29 is 5.11 Å². The van der Waals surface area contributed by atoms with Gasteiger partial charge < -0.3 is 10.0 Å². The molecular formula is C18H26N2O. The van der Waals surface area contributed by atoms with Crippen molar-refractivity contribution in [2.45, 2.75) is 25.7 Å². The SMILES string of the molecule is Oc1ccc(C2=CCN(CCCN3CCCC3)CC2)cc1. The van der Waals surface area contributed by atoms with E-state index in [4.69, 9.17) is 0 Å². The van der Waals surface area contributed by atoms with Crippen molar-refractivity contribution in [3.63, 3.8) is 0 Å². The Morgan fingerprint density at radius 2 is 1.62 bits per heavy atom. The number of aromatic hydroxyl groups is 1. The summed E-state index contributed by atoms with van der Waals surface area (Å²) in [4.78, 5) is 5.15. The quantitative estimate of drug-likeness (QED) is 0.901. The topological polar surface area (TPSA) is 26.7 Å². The highest BCUT2D eigenvalue weighted by atomic mass is 16.3. The molecule has 1 saturated heterocycles. The lowest BCUT2D eigenvalue weighted by Crippen LogP contribution is -2.32. The van der Waals surface area contributed by atoms with E-state index < -0.39 is 0 Å². The van der Waals surface area contributed by atoms with Crippen molar-refractivity contribution >= 4 is 5.57 Å². The first-order valence-electron chi connectivity index (χ1n) is 8.24. The van der Waals surface area contributed by atoms with Gasteiger partial charge in [-0.2, -0.15) is 0 Å². The molecule has 0 unspecified atom stereocenters. The maximum Gasteiger partial charge on any atom is 0.115 e. The Hall–Kier alpha value is -1.32. The minimum absolute atomic E-state index is 0.346. The highest BCUT2D eigenvalue weighted by molar-refractivity contribution is 5.67. The Bertz CT molecular complexity index is 474. The summed E-state index contributed by atoms with van der Waals surface area (Å²) in [6, 6.07) is 7.59. The smallest absolute Gasteiger partial charge is 0.115 e. The maximum atomic E-state index is 9.35. The Balaban J connectivity index is 1.44. The first-order valence-corrected chi connectivity index (χ1v) is 8.24. The van der Waals surface area contributed by atoms with Crippen LogP contribution in [0.3, 0.4) is 0 Å². The average Bonchev–Trinajstić information content (AvgIpc) is 3.02. The van der Waals surface area contributed by atoms with Gasteiger partial charge >= 0.3 is 0 Å². The Morgan fingerprint density at radius 1 is 0.905 bits per heavy atom. The van der Waals surface area contributed by atoms with Crippen molar-refractivity contribution in [3.8, 4) is 5.75 Å². The minimum atomic E-state index is 0.346. The largest absolute Gasteiger partial charge is 0.508 e. The van der Waals surface area contributed by atoms with Crippen LogP contribution < -0.4 is 0 Å². The molecule has 0 amide bonds. The third-order valence-corrected chi connectivity index (χ3v) is 4.68. The van der Waals surface area contributed by atoms with Gasteiger partial charge in [0.1, 0.15) is 5.75 Å². The van der Waals surface area contributed by atoms with Crippen LogP contribution in [0.4, 0.5) is 0 Å². The molecule has 2 heterocycles. The second-order valence-corrected chi connectivity index (χ2v) is 6.23. The van der Waals surface area contributed by atoms with Crippen LogP contribution in [0.15, 0.2) is 30.3 Å². The Morgan fingerprint density at radius 3 is 2.29 bits per heavy atom. The van der Waals surface area contributed by atoms with Crippen LogP contribution in [0.5, 0.6) is 5.75 Å². The van der Waals surface area contributed by atoms with Gasteiger partial charge in [-0.1, -0.05) is 18.2 Å². The molecule has 0 aromatic heterocycles. The van der Waals surface area contributed by atoms with Crippen LogP contribution in [0.25, 0.3) is 5.57 Å².